The molecule has 0 radical (unpaired) electrons. The summed E-state index contributed by atoms with van der Waals surface area (Å²) in [5, 5.41) is 12.7. The minimum absolute atomic E-state index is 0.0444. The molecule has 2 amide bonds. The number of likely N-dealkylation sites (N-methyl/N-ethyl adjacent to an activating group) is 1. The van der Waals surface area contributed by atoms with E-state index in [0.29, 0.717) is 17.7 Å². The lowest BCUT2D eigenvalue weighted by molar-refractivity contribution is -0.143. The number of halogens is 8. The summed E-state index contributed by atoms with van der Waals surface area (Å²) in [6, 6.07) is 4.15. The number of nitrogens with one attached hydrogen (secondary N) is 1. The van der Waals surface area contributed by atoms with E-state index in [1.807, 2.05) is 0 Å². The zero-order valence-corrected chi connectivity index (χ0v) is 18.5. The Kier molecular flexibility index (Phi) is 6.85. The average Bonchev–Trinajstić information content (AvgIpc) is 2.94. The Hall–Kier alpha value is -2.17. The molecule has 0 aromatic heterocycles. The van der Waals surface area contributed by atoms with Crippen molar-refractivity contribution in [1.82, 2.24) is 10.2 Å². The molecule has 2 aromatic carbocycles. The van der Waals surface area contributed by atoms with Gasteiger partial charge in [-0.1, -0.05) is 29.3 Å². The van der Waals surface area contributed by atoms with Gasteiger partial charge in [0, 0.05) is 20.1 Å². The molecule has 1 aliphatic rings. The van der Waals surface area contributed by atoms with Gasteiger partial charge in [0.25, 0.3) is 0 Å². The van der Waals surface area contributed by atoms with Crippen LogP contribution in [0, 0.1) is 0 Å². The molecular formula is C21H18Cl2F6N2O2. The molecule has 1 heterocycles. The van der Waals surface area contributed by atoms with Crippen molar-refractivity contribution >= 4 is 29.2 Å². The van der Waals surface area contributed by atoms with Crippen LogP contribution in [0.5, 0.6) is 0 Å². The standard InChI is InChI=1S/C21H18Cl2F6N2O2/c1-31-18(33)30-17(19(31,4-5-32)12-2-3-15(22)16(23)10-12)8-11-6-13(20(24,25)26)9-14(7-11)21(27,28)29/h2-3,6-7,9-10,17,32H,4-5,8H2,1H3,(H,30,33). The zero-order chi connectivity index (χ0) is 24.8. The van der Waals surface area contributed by atoms with Crippen molar-refractivity contribution in [3.05, 3.63) is 68.7 Å². The van der Waals surface area contributed by atoms with E-state index in [1.54, 1.807) is 6.07 Å². The number of carbonyl (C=O) groups is 1. The number of nitrogens with zero attached hydrogens (tertiary/aromatic N) is 1. The maximum atomic E-state index is 13.3. The van der Waals surface area contributed by atoms with Crippen LogP contribution in [-0.2, 0) is 24.3 Å². The lowest BCUT2D eigenvalue weighted by atomic mass is 9.77. The lowest BCUT2D eigenvalue weighted by Gasteiger charge is -2.40. The third kappa shape index (κ3) is 4.88. The molecule has 12 heteroatoms. The number of amides is 2. The van der Waals surface area contributed by atoms with Gasteiger partial charge in [-0.05, 0) is 47.9 Å². The molecular weight excluding hydrogens is 497 g/mol. The third-order valence-corrected chi connectivity index (χ3v) is 6.52. The summed E-state index contributed by atoms with van der Waals surface area (Å²) in [5.74, 6) is 0. The van der Waals surface area contributed by atoms with Crippen LogP contribution in [-0.4, -0.2) is 35.7 Å². The molecule has 2 aromatic rings. The predicted molar refractivity (Wildman–Crippen MR) is 110 cm³/mol. The number of alkyl halides is 6. The van der Waals surface area contributed by atoms with Crippen molar-refractivity contribution in [2.75, 3.05) is 13.7 Å². The Morgan fingerprint density at radius 3 is 2.06 bits per heavy atom. The molecule has 180 valence electrons. The first-order chi connectivity index (χ1) is 15.2. The van der Waals surface area contributed by atoms with Crippen LogP contribution >= 0.6 is 23.2 Å². The Bertz CT molecular complexity index is 1030. The van der Waals surface area contributed by atoms with Gasteiger partial charge in [-0.15, -0.1) is 0 Å². The minimum Gasteiger partial charge on any atom is -0.396 e. The van der Waals surface area contributed by atoms with Crippen LogP contribution in [0.15, 0.2) is 36.4 Å². The SMILES string of the molecule is CN1C(=O)NC(Cc2cc(C(F)(F)F)cc(C(F)(F)F)c2)C1(CCO)c1ccc(Cl)c(Cl)c1. The maximum absolute atomic E-state index is 13.3. The molecule has 2 atom stereocenters. The van der Waals surface area contributed by atoms with Gasteiger partial charge in [-0.25, -0.2) is 4.79 Å². The molecule has 0 spiro atoms. The number of aliphatic hydroxyl groups is 1. The van der Waals surface area contributed by atoms with Gasteiger partial charge < -0.3 is 15.3 Å². The highest BCUT2D eigenvalue weighted by Gasteiger charge is 2.52. The van der Waals surface area contributed by atoms with Crippen LogP contribution in [0.1, 0.15) is 28.7 Å². The van der Waals surface area contributed by atoms with Gasteiger partial charge in [0.2, 0.25) is 0 Å². The second-order valence-electron chi connectivity index (χ2n) is 7.71. The molecule has 4 nitrogen and oxygen atoms in total. The first-order valence-corrected chi connectivity index (χ1v) is 10.3. The number of rotatable bonds is 5. The van der Waals surface area contributed by atoms with E-state index in [1.165, 1.54) is 24.1 Å². The number of aliphatic hydroxyl groups excluding tert-OH is 1. The summed E-state index contributed by atoms with van der Waals surface area (Å²) < 4.78 is 79.7. The molecule has 2 N–H and O–H groups in total. The van der Waals surface area contributed by atoms with Gasteiger partial charge in [0.05, 0.1) is 32.8 Å². The van der Waals surface area contributed by atoms with Gasteiger partial charge >= 0.3 is 18.4 Å². The van der Waals surface area contributed by atoms with Gasteiger partial charge in [0.15, 0.2) is 0 Å². The summed E-state index contributed by atoms with van der Waals surface area (Å²) in [6.45, 7) is -0.424. The van der Waals surface area contributed by atoms with E-state index >= 15 is 0 Å². The monoisotopic (exact) mass is 514 g/mol. The van der Waals surface area contributed by atoms with Crippen molar-refractivity contribution in [3.8, 4) is 0 Å². The molecule has 0 aliphatic carbocycles. The van der Waals surface area contributed by atoms with Crippen molar-refractivity contribution in [2.45, 2.75) is 36.8 Å². The number of urea groups is 1. The number of benzene rings is 2. The Balaban J connectivity index is 2.14. The summed E-state index contributed by atoms with van der Waals surface area (Å²) in [6.07, 6.45) is -10.4. The van der Waals surface area contributed by atoms with Crippen LogP contribution in [0.4, 0.5) is 31.1 Å². The normalized spacial score (nSPS) is 21.5. The minimum atomic E-state index is -5.00. The molecule has 1 aliphatic heterocycles. The van der Waals surface area contributed by atoms with Crippen molar-refractivity contribution in [2.24, 2.45) is 0 Å². The van der Waals surface area contributed by atoms with E-state index in [0.717, 1.165) is 0 Å². The van der Waals surface area contributed by atoms with E-state index in [-0.39, 0.29) is 34.5 Å². The van der Waals surface area contributed by atoms with Crippen molar-refractivity contribution in [3.63, 3.8) is 0 Å². The Labute approximate surface area is 195 Å². The van der Waals surface area contributed by atoms with E-state index in [9.17, 15) is 36.2 Å². The molecule has 1 fully saturated rings. The summed E-state index contributed by atoms with van der Waals surface area (Å²) >= 11 is 12.1. The smallest absolute Gasteiger partial charge is 0.396 e. The summed E-state index contributed by atoms with van der Waals surface area (Å²) in [4.78, 5) is 13.8. The largest absolute Gasteiger partial charge is 0.416 e. The van der Waals surface area contributed by atoms with E-state index < -0.39 is 47.7 Å². The first kappa shape index (κ1) is 25.5. The van der Waals surface area contributed by atoms with Gasteiger partial charge in [-0.2, -0.15) is 26.3 Å². The van der Waals surface area contributed by atoms with Crippen LogP contribution in [0.3, 0.4) is 0 Å². The number of hydrogen-bond acceptors (Lipinski definition) is 2. The molecule has 1 saturated heterocycles. The first-order valence-electron chi connectivity index (χ1n) is 9.59. The van der Waals surface area contributed by atoms with Crippen LogP contribution < -0.4 is 5.32 Å². The van der Waals surface area contributed by atoms with Crippen molar-refractivity contribution in [1.29, 1.82) is 0 Å². The Morgan fingerprint density at radius 1 is 1.00 bits per heavy atom. The second-order valence-corrected chi connectivity index (χ2v) is 8.52. The number of carbonyl (C=O) groups excluding carboxylic acids is 1. The fourth-order valence-corrected chi connectivity index (χ4v) is 4.49. The highest BCUT2D eigenvalue weighted by Crippen LogP contribution is 2.43. The average molecular weight is 515 g/mol. The van der Waals surface area contributed by atoms with E-state index in [2.05, 4.69) is 5.32 Å². The maximum Gasteiger partial charge on any atom is 0.416 e. The number of hydrogen-bond donors (Lipinski definition) is 2. The molecule has 0 bridgehead atoms. The van der Waals surface area contributed by atoms with Crippen LogP contribution in [0.25, 0.3) is 0 Å². The summed E-state index contributed by atoms with van der Waals surface area (Å²) in [5.41, 5.74) is -4.08. The molecule has 2 unspecified atom stereocenters. The lowest BCUT2D eigenvalue weighted by Crippen LogP contribution is -2.49. The highest BCUT2D eigenvalue weighted by molar-refractivity contribution is 6.42. The van der Waals surface area contributed by atoms with Crippen molar-refractivity contribution < 1.29 is 36.2 Å². The molecule has 3 rings (SSSR count). The third-order valence-electron chi connectivity index (χ3n) is 5.78. The fraction of sp³-hybridized carbons (Fsp3) is 0.381. The second kappa shape index (κ2) is 8.88. The zero-order valence-electron chi connectivity index (χ0n) is 17.0. The highest BCUT2D eigenvalue weighted by atomic mass is 35.5. The topological polar surface area (TPSA) is 52.6 Å². The quantitative estimate of drug-likeness (QED) is 0.490. The Morgan fingerprint density at radius 2 is 1.58 bits per heavy atom. The van der Waals surface area contributed by atoms with E-state index in [4.69, 9.17) is 23.2 Å². The molecule has 0 saturated carbocycles. The molecule has 33 heavy (non-hydrogen) atoms. The van der Waals surface area contributed by atoms with Gasteiger partial charge in [-0.3, -0.25) is 0 Å². The van der Waals surface area contributed by atoms with Gasteiger partial charge in [0.1, 0.15) is 0 Å². The summed E-state index contributed by atoms with van der Waals surface area (Å²) in [7, 11) is 1.42. The fourth-order valence-electron chi connectivity index (χ4n) is 4.19. The van der Waals surface area contributed by atoms with Crippen LogP contribution in [0.2, 0.25) is 10.0 Å². The predicted octanol–water partition coefficient (Wildman–Crippen LogP) is 5.88.